The van der Waals surface area contributed by atoms with Crippen molar-refractivity contribution in [3.05, 3.63) is 60.2 Å². The van der Waals surface area contributed by atoms with Crippen molar-refractivity contribution in [1.82, 2.24) is 24.3 Å². The predicted octanol–water partition coefficient (Wildman–Crippen LogP) is 4.13. The maximum atomic E-state index is 13.0. The Hall–Kier alpha value is -2.71. The fraction of sp³-hybridized carbons (Fsp3) is 0.364. The van der Waals surface area contributed by atoms with Gasteiger partial charge in [0, 0.05) is 48.6 Å². The fourth-order valence-corrected chi connectivity index (χ4v) is 4.50. The molecule has 3 aromatic heterocycles. The van der Waals surface area contributed by atoms with Crippen molar-refractivity contribution in [1.29, 1.82) is 0 Å². The third-order valence-electron chi connectivity index (χ3n) is 4.93. The van der Waals surface area contributed by atoms with Gasteiger partial charge in [-0.1, -0.05) is 17.8 Å². The van der Waals surface area contributed by atoms with Gasteiger partial charge in [-0.05, 0) is 39.0 Å². The van der Waals surface area contributed by atoms with E-state index in [1.807, 2.05) is 36.6 Å². The Kier molecular flexibility index (Phi) is 7.23. The monoisotopic (exact) mass is 425 g/mol. The second-order valence-corrected chi connectivity index (χ2v) is 8.05. The number of rotatable bonds is 10. The largest absolute Gasteiger partial charge is 0.383 e. The van der Waals surface area contributed by atoms with E-state index in [1.165, 1.54) is 11.8 Å². The normalized spacial score (nSPS) is 12.1. The van der Waals surface area contributed by atoms with E-state index in [0.29, 0.717) is 18.3 Å². The van der Waals surface area contributed by atoms with Gasteiger partial charge in [0.1, 0.15) is 0 Å². The molecule has 0 aliphatic rings. The van der Waals surface area contributed by atoms with Crippen LogP contribution in [0.15, 0.2) is 48.4 Å². The lowest BCUT2D eigenvalue weighted by Gasteiger charge is -2.17. The number of hydrogen-bond donors (Lipinski definition) is 0. The topological polar surface area (TPSA) is 74.8 Å². The van der Waals surface area contributed by atoms with Gasteiger partial charge in [-0.2, -0.15) is 0 Å². The molecule has 0 amide bonds. The van der Waals surface area contributed by atoms with Crippen LogP contribution in [0.4, 0.5) is 0 Å². The molecule has 158 valence electrons. The molecule has 0 aliphatic heterocycles. The third kappa shape index (κ3) is 4.55. The first kappa shape index (κ1) is 22.0. The van der Waals surface area contributed by atoms with Gasteiger partial charge in [0.15, 0.2) is 16.8 Å². The molecular weight excluding hydrogens is 398 g/mol. The number of hydrogen-bond acceptors (Lipinski definition) is 6. The summed E-state index contributed by atoms with van der Waals surface area (Å²) < 4.78 is 9.40. The van der Waals surface area contributed by atoms with E-state index in [9.17, 15) is 4.79 Å². The van der Waals surface area contributed by atoms with Crippen LogP contribution in [0, 0.1) is 13.8 Å². The molecule has 3 heterocycles. The van der Waals surface area contributed by atoms with Crippen molar-refractivity contribution in [2.24, 2.45) is 0 Å². The summed E-state index contributed by atoms with van der Waals surface area (Å²) in [5, 5.41) is 9.32. The number of carbonyl (C=O) groups excluding carboxylic acids is 1. The summed E-state index contributed by atoms with van der Waals surface area (Å²) in [7, 11) is 1.69. The van der Waals surface area contributed by atoms with Crippen molar-refractivity contribution in [2.75, 3.05) is 19.5 Å². The quantitative estimate of drug-likeness (QED) is 0.276. The summed E-state index contributed by atoms with van der Waals surface area (Å²) in [4.78, 5) is 17.0. The molecule has 1 atom stereocenters. The lowest BCUT2D eigenvalue weighted by Crippen LogP contribution is -2.15. The van der Waals surface area contributed by atoms with Crippen LogP contribution >= 0.6 is 11.8 Å². The first-order chi connectivity index (χ1) is 14.5. The Morgan fingerprint density at radius 2 is 2.03 bits per heavy atom. The van der Waals surface area contributed by atoms with E-state index in [2.05, 4.69) is 33.3 Å². The molecule has 8 heteroatoms. The first-order valence-electron chi connectivity index (χ1n) is 9.75. The van der Waals surface area contributed by atoms with Crippen molar-refractivity contribution >= 4 is 17.5 Å². The smallest absolute Gasteiger partial charge is 0.192 e. The van der Waals surface area contributed by atoms with Gasteiger partial charge < -0.3 is 9.30 Å². The molecule has 0 spiro atoms. The van der Waals surface area contributed by atoms with Crippen molar-refractivity contribution in [3.8, 4) is 11.4 Å². The Bertz CT molecular complexity index is 1030. The third-order valence-corrected chi connectivity index (χ3v) is 5.90. The van der Waals surface area contributed by atoms with Gasteiger partial charge in [-0.25, -0.2) is 0 Å². The molecule has 0 unspecified atom stereocenters. The molecule has 30 heavy (non-hydrogen) atoms. The lowest BCUT2D eigenvalue weighted by molar-refractivity contribution is 0.102. The van der Waals surface area contributed by atoms with E-state index in [-0.39, 0.29) is 17.6 Å². The number of nitrogens with zero attached hydrogens (tertiary/aromatic N) is 5. The summed E-state index contributed by atoms with van der Waals surface area (Å²) >= 11 is 1.39. The molecule has 3 aromatic rings. The molecule has 0 aromatic carbocycles. The number of aryl methyl sites for hydroxylation is 1. The SMILES string of the molecule is C=CCn1c(SCC(=O)c2cc(C)n([C@@H](C)COC)c2C)nnc1-c1ccncc1. The van der Waals surface area contributed by atoms with Crippen LogP contribution in [-0.2, 0) is 11.3 Å². The highest BCUT2D eigenvalue weighted by atomic mass is 32.2. The molecule has 0 N–H and O–H groups in total. The van der Waals surface area contributed by atoms with Gasteiger partial charge in [-0.3, -0.25) is 14.3 Å². The molecule has 3 rings (SSSR count). The van der Waals surface area contributed by atoms with Gasteiger partial charge in [0.25, 0.3) is 0 Å². The first-order valence-corrected chi connectivity index (χ1v) is 10.7. The predicted molar refractivity (Wildman–Crippen MR) is 119 cm³/mol. The highest BCUT2D eigenvalue weighted by molar-refractivity contribution is 7.99. The average Bonchev–Trinajstić information content (AvgIpc) is 3.27. The highest BCUT2D eigenvalue weighted by Gasteiger charge is 2.20. The average molecular weight is 426 g/mol. The zero-order chi connectivity index (χ0) is 21.7. The zero-order valence-corrected chi connectivity index (χ0v) is 18.6. The standard InChI is InChI=1S/C22H27N5O2S/c1-6-11-26-21(18-7-9-23-10-8-18)24-25-22(26)30-14-20(28)19-12-15(2)27(17(19)4)16(3)13-29-5/h6-10,12,16H,1,11,13-14H2,2-5H3/t16-/m0/s1. The van der Waals surface area contributed by atoms with Gasteiger partial charge in [0.2, 0.25) is 0 Å². The molecule has 7 nitrogen and oxygen atoms in total. The van der Waals surface area contributed by atoms with Gasteiger partial charge in [-0.15, -0.1) is 16.8 Å². The van der Waals surface area contributed by atoms with E-state index >= 15 is 0 Å². The summed E-state index contributed by atoms with van der Waals surface area (Å²) in [5.74, 6) is 1.09. The zero-order valence-electron chi connectivity index (χ0n) is 17.8. The van der Waals surface area contributed by atoms with Crippen LogP contribution in [0.5, 0.6) is 0 Å². The van der Waals surface area contributed by atoms with Crippen LogP contribution in [-0.4, -0.2) is 49.6 Å². The molecule has 0 aliphatic carbocycles. The van der Waals surface area contributed by atoms with Crippen LogP contribution in [0.2, 0.25) is 0 Å². The van der Waals surface area contributed by atoms with E-state index in [4.69, 9.17) is 4.74 Å². The van der Waals surface area contributed by atoms with Crippen LogP contribution in [0.3, 0.4) is 0 Å². The number of Topliss-reactive ketones (excluding diaryl/α,β-unsaturated/α-hetero) is 1. The Morgan fingerprint density at radius 1 is 1.30 bits per heavy atom. The number of aromatic nitrogens is 5. The lowest BCUT2D eigenvalue weighted by atomic mass is 10.2. The van der Waals surface area contributed by atoms with E-state index in [0.717, 1.165) is 28.3 Å². The maximum Gasteiger partial charge on any atom is 0.192 e. The Balaban J connectivity index is 1.79. The Morgan fingerprint density at radius 3 is 2.70 bits per heavy atom. The summed E-state index contributed by atoms with van der Waals surface area (Å²) in [5.41, 5.74) is 3.69. The van der Waals surface area contributed by atoms with Gasteiger partial charge in [0.05, 0.1) is 18.4 Å². The molecule has 0 fully saturated rings. The summed E-state index contributed by atoms with van der Waals surface area (Å²) in [6.45, 7) is 11.1. The second-order valence-electron chi connectivity index (χ2n) is 7.11. The van der Waals surface area contributed by atoms with Crippen LogP contribution in [0.1, 0.15) is 34.7 Å². The molecule has 0 radical (unpaired) electrons. The summed E-state index contributed by atoms with van der Waals surface area (Å²) in [6, 6.07) is 5.91. The number of carbonyl (C=O) groups is 1. The van der Waals surface area contributed by atoms with Crippen LogP contribution < -0.4 is 0 Å². The number of methoxy groups -OCH3 is 1. The second kappa shape index (κ2) is 9.86. The Labute approximate surface area is 181 Å². The maximum absolute atomic E-state index is 13.0. The molecule has 0 saturated carbocycles. The molecule has 0 saturated heterocycles. The molecule has 0 bridgehead atoms. The minimum absolute atomic E-state index is 0.0718. The number of ether oxygens (including phenoxy) is 1. The summed E-state index contributed by atoms with van der Waals surface area (Å²) in [6.07, 6.45) is 5.24. The van der Waals surface area contributed by atoms with Crippen LogP contribution in [0.25, 0.3) is 11.4 Å². The van der Waals surface area contributed by atoms with Gasteiger partial charge >= 0.3 is 0 Å². The minimum atomic E-state index is 0.0718. The minimum Gasteiger partial charge on any atom is -0.383 e. The van der Waals surface area contributed by atoms with Crippen molar-refractivity contribution < 1.29 is 9.53 Å². The highest BCUT2D eigenvalue weighted by Crippen LogP contribution is 2.26. The number of pyridine rings is 1. The number of allylic oxidation sites excluding steroid dienone is 1. The van der Waals surface area contributed by atoms with Crippen molar-refractivity contribution in [2.45, 2.75) is 38.5 Å². The van der Waals surface area contributed by atoms with E-state index in [1.54, 1.807) is 25.6 Å². The fourth-order valence-electron chi connectivity index (χ4n) is 3.66. The van der Waals surface area contributed by atoms with Crippen molar-refractivity contribution in [3.63, 3.8) is 0 Å². The number of ketones is 1. The van der Waals surface area contributed by atoms with E-state index < -0.39 is 0 Å². The molecular formula is C22H27N5O2S. The number of thioether (sulfide) groups is 1.